The third-order valence-corrected chi connectivity index (χ3v) is 3.12. The Bertz CT molecular complexity index is 743. The molecule has 0 saturated carbocycles. The monoisotopic (exact) mass is 285 g/mol. The molecule has 0 aliphatic rings. The number of aromatic nitrogens is 4. The number of anilines is 2. The first-order chi connectivity index (χ1) is 10.3. The Morgan fingerprint density at radius 1 is 1.29 bits per heavy atom. The van der Waals surface area contributed by atoms with Crippen LogP contribution in [0.5, 0.6) is 5.75 Å². The third-order valence-electron chi connectivity index (χ3n) is 3.12. The van der Waals surface area contributed by atoms with E-state index in [2.05, 4.69) is 20.2 Å². The molecule has 0 unspecified atom stereocenters. The van der Waals surface area contributed by atoms with Gasteiger partial charge in [-0.15, -0.1) is 0 Å². The summed E-state index contributed by atoms with van der Waals surface area (Å²) in [6.45, 7) is 0.336. The molecule has 0 amide bonds. The summed E-state index contributed by atoms with van der Waals surface area (Å²) in [5.41, 5.74) is 1.45. The summed E-state index contributed by atoms with van der Waals surface area (Å²) in [6, 6.07) is 7.54. The van der Waals surface area contributed by atoms with Crippen molar-refractivity contribution in [2.75, 3.05) is 25.2 Å². The summed E-state index contributed by atoms with van der Waals surface area (Å²) in [5, 5.41) is 16.9. The van der Waals surface area contributed by atoms with Crippen LogP contribution in [0, 0.1) is 0 Å². The van der Waals surface area contributed by atoms with Gasteiger partial charge in [-0.1, -0.05) is 12.1 Å². The van der Waals surface area contributed by atoms with E-state index in [4.69, 9.17) is 4.74 Å². The number of aliphatic hydroxyl groups is 1. The highest BCUT2D eigenvalue weighted by Gasteiger charge is 2.16. The van der Waals surface area contributed by atoms with Crippen LogP contribution >= 0.6 is 0 Å². The van der Waals surface area contributed by atoms with Crippen molar-refractivity contribution in [3.8, 4) is 5.75 Å². The lowest BCUT2D eigenvalue weighted by Gasteiger charge is -2.23. The predicted octanol–water partition coefficient (Wildman–Crippen LogP) is 1.49. The van der Waals surface area contributed by atoms with Gasteiger partial charge in [-0.25, -0.2) is 4.98 Å². The summed E-state index contributed by atoms with van der Waals surface area (Å²) < 4.78 is 5.37. The summed E-state index contributed by atoms with van der Waals surface area (Å²) in [5.74, 6) is 1.17. The van der Waals surface area contributed by atoms with E-state index in [-0.39, 0.29) is 6.61 Å². The van der Waals surface area contributed by atoms with Gasteiger partial charge < -0.3 is 14.7 Å². The highest BCUT2D eigenvalue weighted by molar-refractivity contribution is 5.75. The van der Waals surface area contributed by atoms with Crippen molar-refractivity contribution in [1.82, 2.24) is 20.2 Å². The molecule has 0 fully saturated rings. The maximum Gasteiger partial charge on any atom is 0.232 e. The number of hydrogen-bond acceptors (Lipinski definition) is 6. The maximum absolute atomic E-state index is 9.34. The first-order valence-electron chi connectivity index (χ1n) is 6.51. The Hall–Kier alpha value is -2.67. The molecule has 3 rings (SSSR count). The van der Waals surface area contributed by atoms with Crippen LogP contribution in [0.15, 0.2) is 36.7 Å². The van der Waals surface area contributed by atoms with Crippen LogP contribution in [0.1, 0.15) is 0 Å². The number of rotatable bonds is 5. The van der Waals surface area contributed by atoms with E-state index in [0.29, 0.717) is 23.9 Å². The molecule has 3 aromatic rings. The molecule has 108 valence electrons. The number of aliphatic hydroxyl groups excluding tert-OH is 1. The van der Waals surface area contributed by atoms with E-state index < -0.39 is 0 Å². The van der Waals surface area contributed by atoms with E-state index >= 15 is 0 Å². The predicted molar refractivity (Wildman–Crippen MR) is 78.8 cm³/mol. The summed E-state index contributed by atoms with van der Waals surface area (Å²) in [6.07, 6.45) is 3.36. The van der Waals surface area contributed by atoms with Crippen LogP contribution in [-0.4, -0.2) is 45.5 Å². The zero-order valence-electron chi connectivity index (χ0n) is 11.5. The highest BCUT2D eigenvalue weighted by atomic mass is 16.5. The van der Waals surface area contributed by atoms with Crippen molar-refractivity contribution in [3.63, 3.8) is 0 Å². The van der Waals surface area contributed by atoms with Gasteiger partial charge in [-0.05, 0) is 12.1 Å². The topological polar surface area (TPSA) is 87.2 Å². The van der Waals surface area contributed by atoms with Gasteiger partial charge in [0.1, 0.15) is 5.75 Å². The quantitative estimate of drug-likeness (QED) is 0.738. The van der Waals surface area contributed by atoms with Crippen LogP contribution in [0.25, 0.3) is 11.0 Å². The minimum absolute atomic E-state index is 0.0254. The van der Waals surface area contributed by atoms with Crippen LogP contribution < -0.4 is 9.64 Å². The second-order valence-electron chi connectivity index (χ2n) is 4.39. The molecule has 2 heterocycles. The standard InChI is InChI=1S/C14H15N5O2/c1-21-12-5-3-2-4-11(12)19(6-7-20)14-15-8-10-9-16-18-13(10)17-14/h2-5,8-9,20H,6-7H2,1H3,(H,15,16,17,18). The van der Waals surface area contributed by atoms with Crippen LogP contribution in [0.2, 0.25) is 0 Å². The Kier molecular flexibility index (Phi) is 3.65. The second kappa shape index (κ2) is 5.76. The average Bonchev–Trinajstić information content (AvgIpc) is 3.00. The second-order valence-corrected chi connectivity index (χ2v) is 4.39. The fourth-order valence-corrected chi connectivity index (χ4v) is 2.14. The first-order valence-corrected chi connectivity index (χ1v) is 6.51. The van der Waals surface area contributed by atoms with Gasteiger partial charge in [0.25, 0.3) is 0 Å². The molecule has 7 heteroatoms. The molecular weight excluding hydrogens is 270 g/mol. The molecule has 0 saturated heterocycles. The van der Waals surface area contributed by atoms with Gasteiger partial charge >= 0.3 is 0 Å². The van der Waals surface area contributed by atoms with Crippen LogP contribution in [0.4, 0.5) is 11.6 Å². The number of aromatic amines is 1. The van der Waals surface area contributed by atoms with Gasteiger partial charge in [0.15, 0.2) is 5.65 Å². The molecule has 0 aliphatic heterocycles. The fourth-order valence-electron chi connectivity index (χ4n) is 2.14. The molecule has 0 radical (unpaired) electrons. The van der Waals surface area contributed by atoms with Crippen molar-refractivity contribution in [1.29, 1.82) is 0 Å². The number of hydrogen-bond donors (Lipinski definition) is 2. The minimum Gasteiger partial charge on any atom is -0.495 e. The number of nitrogens with one attached hydrogen (secondary N) is 1. The van der Waals surface area contributed by atoms with E-state index in [1.165, 1.54) is 0 Å². The number of benzene rings is 1. The summed E-state index contributed by atoms with van der Waals surface area (Å²) in [7, 11) is 1.61. The molecule has 2 N–H and O–H groups in total. The zero-order valence-corrected chi connectivity index (χ0v) is 11.5. The lowest BCUT2D eigenvalue weighted by molar-refractivity contribution is 0.304. The van der Waals surface area contributed by atoms with Crippen LogP contribution in [-0.2, 0) is 0 Å². The molecule has 0 aliphatic carbocycles. The van der Waals surface area contributed by atoms with Crippen LogP contribution in [0.3, 0.4) is 0 Å². The van der Waals surface area contributed by atoms with Crippen molar-refractivity contribution in [3.05, 3.63) is 36.7 Å². The summed E-state index contributed by atoms with van der Waals surface area (Å²) in [4.78, 5) is 10.6. The number of para-hydroxylation sites is 2. The van der Waals surface area contributed by atoms with E-state index in [1.54, 1.807) is 24.4 Å². The van der Waals surface area contributed by atoms with Gasteiger partial charge in [0, 0.05) is 12.7 Å². The molecule has 0 atom stereocenters. The summed E-state index contributed by atoms with van der Waals surface area (Å²) >= 11 is 0. The zero-order chi connectivity index (χ0) is 14.7. The maximum atomic E-state index is 9.34. The molecule has 0 spiro atoms. The van der Waals surface area contributed by atoms with Gasteiger partial charge in [0.05, 0.1) is 31.0 Å². The average molecular weight is 285 g/mol. The molecule has 2 aromatic heterocycles. The minimum atomic E-state index is -0.0254. The number of H-pyrrole nitrogens is 1. The smallest absolute Gasteiger partial charge is 0.232 e. The Labute approximate surface area is 121 Å². The molecular formula is C14H15N5O2. The largest absolute Gasteiger partial charge is 0.495 e. The lowest BCUT2D eigenvalue weighted by atomic mass is 10.2. The number of methoxy groups -OCH3 is 1. The fraction of sp³-hybridized carbons (Fsp3) is 0.214. The number of nitrogens with zero attached hydrogens (tertiary/aromatic N) is 4. The van der Waals surface area contributed by atoms with Crippen molar-refractivity contribution in [2.45, 2.75) is 0 Å². The molecule has 7 nitrogen and oxygen atoms in total. The van der Waals surface area contributed by atoms with Gasteiger partial charge in [-0.2, -0.15) is 10.1 Å². The Balaban J connectivity index is 2.07. The number of ether oxygens (including phenoxy) is 1. The van der Waals surface area contributed by atoms with Crippen molar-refractivity contribution < 1.29 is 9.84 Å². The van der Waals surface area contributed by atoms with E-state index in [9.17, 15) is 5.11 Å². The first kappa shape index (κ1) is 13.3. The number of fused-ring (bicyclic) bond motifs is 1. The third kappa shape index (κ3) is 2.50. The van der Waals surface area contributed by atoms with Gasteiger partial charge in [0.2, 0.25) is 5.95 Å². The Morgan fingerprint density at radius 3 is 2.95 bits per heavy atom. The SMILES string of the molecule is COc1ccccc1N(CCO)c1ncc2cn[nH]c2n1. The van der Waals surface area contributed by atoms with Gasteiger partial charge in [-0.3, -0.25) is 5.10 Å². The van der Waals surface area contributed by atoms with E-state index in [1.807, 2.05) is 24.3 Å². The lowest BCUT2D eigenvalue weighted by Crippen LogP contribution is -2.23. The van der Waals surface area contributed by atoms with Crippen molar-refractivity contribution in [2.24, 2.45) is 0 Å². The molecule has 1 aromatic carbocycles. The van der Waals surface area contributed by atoms with E-state index in [0.717, 1.165) is 11.1 Å². The highest BCUT2D eigenvalue weighted by Crippen LogP contribution is 2.31. The Morgan fingerprint density at radius 2 is 2.14 bits per heavy atom. The normalized spacial score (nSPS) is 10.8. The molecule has 21 heavy (non-hydrogen) atoms. The molecule has 0 bridgehead atoms. The van der Waals surface area contributed by atoms with Crippen molar-refractivity contribution >= 4 is 22.7 Å².